The van der Waals surface area contributed by atoms with Crippen molar-refractivity contribution in [3.8, 4) is 0 Å². The molecule has 9 nitrogen and oxygen atoms in total. The third kappa shape index (κ3) is 4.08. The number of aliphatic hydroxyl groups is 1. The molecule has 170 valence electrons. The van der Waals surface area contributed by atoms with E-state index in [1.807, 2.05) is 20.8 Å². The Morgan fingerprint density at radius 2 is 1.97 bits per heavy atom. The van der Waals surface area contributed by atoms with E-state index >= 15 is 0 Å². The number of benzene rings is 1. The fraction of sp³-hybridized carbons (Fsp3) is 0.381. The van der Waals surface area contributed by atoms with Crippen LogP contribution >= 0.6 is 11.3 Å². The SMILES string of the molecule is Cc1ccc(S(=O)(=O)N2C[C@H](O)C[C@@H]2C(=O)OCc2nc3sc(C)c(C)c3c(=O)[nH]2)cc1. The zero-order valence-electron chi connectivity index (χ0n) is 17.8. The molecule has 32 heavy (non-hydrogen) atoms. The third-order valence-electron chi connectivity index (χ3n) is 5.57. The number of ether oxygens (including phenoxy) is 1. The highest BCUT2D eigenvalue weighted by Gasteiger charge is 2.44. The number of carbonyl (C=O) groups is 1. The van der Waals surface area contributed by atoms with Gasteiger partial charge in [-0.05, 0) is 38.5 Å². The number of esters is 1. The molecule has 0 amide bonds. The number of fused-ring (bicyclic) bond motifs is 1. The Balaban J connectivity index is 1.54. The van der Waals surface area contributed by atoms with E-state index in [2.05, 4.69) is 9.97 Å². The van der Waals surface area contributed by atoms with Crippen LogP contribution in [0.3, 0.4) is 0 Å². The molecule has 2 N–H and O–H groups in total. The second-order valence-corrected chi connectivity index (χ2v) is 11.0. The second kappa shape index (κ2) is 8.39. The molecule has 1 fully saturated rings. The minimum atomic E-state index is -4.00. The maximum atomic E-state index is 13.1. The van der Waals surface area contributed by atoms with Crippen LogP contribution in [-0.2, 0) is 26.2 Å². The first-order valence-electron chi connectivity index (χ1n) is 10.00. The van der Waals surface area contributed by atoms with Crippen LogP contribution in [0, 0.1) is 20.8 Å². The van der Waals surface area contributed by atoms with Crippen LogP contribution < -0.4 is 5.56 Å². The fourth-order valence-electron chi connectivity index (χ4n) is 3.71. The molecule has 0 spiro atoms. The lowest BCUT2D eigenvalue weighted by molar-refractivity contribution is -0.149. The van der Waals surface area contributed by atoms with E-state index in [0.29, 0.717) is 10.2 Å². The monoisotopic (exact) mass is 477 g/mol. The number of carbonyl (C=O) groups excluding carboxylic acids is 1. The van der Waals surface area contributed by atoms with E-state index in [4.69, 9.17) is 4.74 Å². The molecule has 0 unspecified atom stereocenters. The third-order valence-corrected chi connectivity index (χ3v) is 8.56. The molecule has 0 radical (unpaired) electrons. The molecule has 1 aliphatic heterocycles. The zero-order chi connectivity index (χ0) is 23.2. The number of sulfonamides is 1. The lowest BCUT2D eigenvalue weighted by Gasteiger charge is -2.22. The number of aliphatic hydroxyl groups excluding tert-OH is 1. The Bertz CT molecular complexity index is 1340. The highest BCUT2D eigenvalue weighted by Crippen LogP contribution is 2.28. The van der Waals surface area contributed by atoms with Gasteiger partial charge in [0.1, 0.15) is 23.3 Å². The van der Waals surface area contributed by atoms with Gasteiger partial charge < -0.3 is 14.8 Å². The van der Waals surface area contributed by atoms with Crippen molar-refractivity contribution in [1.29, 1.82) is 0 Å². The number of nitrogens with one attached hydrogen (secondary N) is 1. The molecule has 0 bridgehead atoms. The molecule has 3 heterocycles. The molecule has 2 atom stereocenters. The van der Waals surface area contributed by atoms with Gasteiger partial charge in [0, 0.05) is 17.8 Å². The number of β-amino-alcohol motifs (C(OH)–C–C–N with tert-alkyl or cyclic N) is 1. The van der Waals surface area contributed by atoms with Crippen molar-refractivity contribution in [2.75, 3.05) is 6.54 Å². The molecule has 0 saturated carbocycles. The van der Waals surface area contributed by atoms with Crippen molar-refractivity contribution in [3.05, 3.63) is 56.4 Å². The van der Waals surface area contributed by atoms with Crippen molar-refractivity contribution in [2.24, 2.45) is 0 Å². The van der Waals surface area contributed by atoms with E-state index in [1.54, 1.807) is 12.1 Å². The van der Waals surface area contributed by atoms with E-state index in [-0.39, 0.29) is 35.9 Å². The lowest BCUT2D eigenvalue weighted by Crippen LogP contribution is -2.41. The number of hydrogen-bond donors (Lipinski definition) is 2. The average molecular weight is 478 g/mol. The van der Waals surface area contributed by atoms with Crippen LogP contribution in [0.1, 0.15) is 28.2 Å². The Morgan fingerprint density at radius 3 is 2.66 bits per heavy atom. The summed E-state index contributed by atoms with van der Waals surface area (Å²) in [6, 6.07) is 5.09. The van der Waals surface area contributed by atoms with E-state index in [0.717, 1.165) is 20.3 Å². The standard InChI is InChI=1S/C21H23N3O6S2/c1-11-4-6-15(7-5-11)32(28,29)24-9-14(25)8-16(24)21(27)30-10-17-22-19(26)18-12(2)13(3)31-20(18)23-17/h4-7,14,16,25H,8-10H2,1-3H3,(H,22,23,26)/t14-,16-/m1/s1. The Morgan fingerprint density at radius 1 is 1.28 bits per heavy atom. The summed E-state index contributed by atoms with van der Waals surface area (Å²) in [7, 11) is -4.00. The summed E-state index contributed by atoms with van der Waals surface area (Å²) in [6.07, 6.45) is -1.06. The Labute approximate surface area is 188 Å². The topological polar surface area (TPSA) is 130 Å². The zero-order valence-corrected chi connectivity index (χ0v) is 19.4. The summed E-state index contributed by atoms with van der Waals surface area (Å²) >= 11 is 1.38. The van der Waals surface area contributed by atoms with E-state index in [9.17, 15) is 23.1 Å². The van der Waals surface area contributed by atoms with Crippen LogP contribution in [0.5, 0.6) is 0 Å². The van der Waals surface area contributed by atoms with Crippen molar-refractivity contribution >= 4 is 37.5 Å². The first kappa shape index (κ1) is 22.6. The van der Waals surface area contributed by atoms with Gasteiger partial charge in [0.2, 0.25) is 10.0 Å². The maximum Gasteiger partial charge on any atom is 0.325 e. The molecular formula is C21H23N3O6S2. The molecular weight excluding hydrogens is 454 g/mol. The number of aromatic amines is 1. The first-order valence-corrected chi connectivity index (χ1v) is 12.3. The number of H-pyrrole nitrogens is 1. The summed E-state index contributed by atoms with van der Waals surface area (Å²) in [5.41, 5.74) is 1.44. The maximum absolute atomic E-state index is 13.1. The van der Waals surface area contributed by atoms with Crippen molar-refractivity contribution in [2.45, 2.75) is 50.8 Å². The first-order chi connectivity index (χ1) is 15.1. The normalized spacial score (nSPS) is 19.5. The number of aromatic nitrogens is 2. The quantitative estimate of drug-likeness (QED) is 0.536. The molecule has 0 aliphatic carbocycles. The van der Waals surface area contributed by atoms with Gasteiger partial charge in [0.05, 0.1) is 16.4 Å². The summed E-state index contributed by atoms with van der Waals surface area (Å²) in [5, 5.41) is 10.6. The van der Waals surface area contributed by atoms with Crippen molar-refractivity contribution in [1.82, 2.24) is 14.3 Å². The molecule has 4 rings (SSSR count). The van der Waals surface area contributed by atoms with Crippen LogP contribution in [-0.4, -0.2) is 52.5 Å². The Hall–Kier alpha value is -2.60. The smallest absolute Gasteiger partial charge is 0.325 e. The van der Waals surface area contributed by atoms with E-state index < -0.39 is 28.1 Å². The van der Waals surface area contributed by atoms with Gasteiger partial charge in [-0.25, -0.2) is 13.4 Å². The number of rotatable bonds is 5. The number of nitrogens with zero attached hydrogens (tertiary/aromatic N) is 2. The molecule has 2 aromatic heterocycles. The van der Waals surface area contributed by atoms with E-state index in [1.165, 1.54) is 23.5 Å². The van der Waals surface area contributed by atoms with Gasteiger partial charge in [-0.1, -0.05) is 17.7 Å². The van der Waals surface area contributed by atoms with Gasteiger partial charge in [0.15, 0.2) is 0 Å². The van der Waals surface area contributed by atoms with Gasteiger partial charge >= 0.3 is 5.97 Å². The van der Waals surface area contributed by atoms with Crippen LogP contribution in [0.2, 0.25) is 0 Å². The van der Waals surface area contributed by atoms with Gasteiger partial charge in [-0.15, -0.1) is 11.3 Å². The molecule has 11 heteroatoms. The van der Waals surface area contributed by atoms with Crippen LogP contribution in [0.4, 0.5) is 0 Å². The predicted octanol–water partition coefficient (Wildman–Crippen LogP) is 1.78. The number of thiophene rings is 1. The van der Waals surface area contributed by atoms with Crippen molar-refractivity contribution < 1.29 is 23.1 Å². The number of aryl methyl sites for hydroxylation is 3. The van der Waals surface area contributed by atoms with Crippen LogP contribution in [0.25, 0.3) is 10.2 Å². The second-order valence-electron chi connectivity index (χ2n) is 7.88. The minimum absolute atomic E-state index is 0.0369. The largest absolute Gasteiger partial charge is 0.456 e. The fourth-order valence-corrected chi connectivity index (χ4v) is 6.39. The summed E-state index contributed by atoms with van der Waals surface area (Å²) in [6.45, 7) is 5.06. The summed E-state index contributed by atoms with van der Waals surface area (Å²) in [5.74, 6) is -0.637. The number of hydrogen-bond acceptors (Lipinski definition) is 8. The highest BCUT2D eigenvalue weighted by molar-refractivity contribution is 7.89. The minimum Gasteiger partial charge on any atom is -0.456 e. The summed E-state index contributed by atoms with van der Waals surface area (Å²) < 4.78 is 32.4. The molecule has 1 aliphatic rings. The van der Waals surface area contributed by atoms with Crippen LogP contribution in [0.15, 0.2) is 34.0 Å². The highest BCUT2D eigenvalue weighted by atomic mass is 32.2. The molecule has 1 aromatic carbocycles. The average Bonchev–Trinajstić information content (AvgIpc) is 3.27. The van der Waals surface area contributed by atoms with Gasteiger partial charge in [-0.2, -0.15) is 4.31 Å². The lowest BCUT2D eigenvalue weighted by atomic mass is 10.2. The molecule has 1 saturated heterocycles. The summed E-state index contributed by atoms with van der Waals surface area (Å²) in [4.78, 5) is 33.7. The van der Waals surface area contributed by atoms with Gasteiger partial charge in [0.25, 0.3) is 5.56 Å². The predicted molar refractivity (Wildman–Crippen MR) is 119 cm³/mol. The molecule has 3 aromatic rings. The van der Waals surface area contributed by atoms with Crippen molar-refractivity contribution in [3.63, 3.8) is 0 Å². The Kier molecular flexibility index (Phi) is 5.93. The van der Waals surface area contributed by atoms with Gasteiger partial charge in [-0.3, -0.25) is 9.59 Å².